The predicted octanol–water partition coefficient (Wildman–Crippen LogP) is 1.63. The number of fused-ring (bicyclic) bond motifs is 3. The van der Waals surface area contributed by atoms with Crippen LogP contribution in [0.3, 0.4) is 0 Å². The summed E-state index contributed by atoms with van der Waals surface area (Å²) >= 11 is 0. The third-order valence-electron chi connectivity index (χ3n) is 6.73. The van der Waals surface area contributed by atoms with Crippen molar-refractivity contribution in [1.82, 2.24) is 10.2 Å². The molecule has 2 aliphatic rings. The summed E-state index contributed by atoms with van der Waals surface area (Å²) in [4.78, 5) is 27.8. The number of rotatable bonds is 12. The molecule has 0 unspecified atom stereocenters. The topological polar surface area (TPSA) is 129 Å². The molecule has 2 amide bonds. The molecule has 9 heteroatoms. The molecule has 1 aliphatic carbocycles. The molecule has 0 saturated heterocycles. The molecule has 4 N–H and O–H groups in total. The number of aliphatic hydroxyl groups is 3. The van der Waals surface area contributed by atoms with Gasteiger partial charge in [-0.3, -0.25) is 9.59 Å². The van der Waals surface area contributed by atoms with Gasteiger partial charge in [0, 0.05) is 30.6 Å². The summed E-state index contributed by atoms with van der Waals surface area (Å²) in [5, 5.41) is 33.1. The minimum atomic E-state index is -1.08. The molecule has 1 aliphatic heterocycles. The fourth-order valence-electron chi connectivity index (χ4n) is 4.97. The number of carbonyl (C=O) groups excluding carboxylic acids is 2. The SMILES string of the molecule is CCCCCCN(C(=O)CC)[C@@H]1C=C(C(=O)NCCO)[C@@H]2c3cc(CO)cc(OC)c3O[C@@H]2[C@H]1O. The Morgan fingerprint density at radius 1 is 1.17 bits per heavy atom. The zero-order chi connectivity index (χ0) is 25.5. The molecular weight excluding hydrogens is 452 g/mol. The van der Waals surface area contributed by atoms with Crippen molar-refractivity contribution in [1.29, 1.82) is 0 Å². The fourth-order valence-corrected chi connectivity index (χ4v) is 4.97. The molecule has 4 atom stereocenters. The molecule has 0 fully saturated rings. The lowest BCUT2D eigenvalue weighted by atomic mass is 9.77. The standard InChI is InChI=1S/C26H38N2O7/c1-4-6-7-8-10-28(21(31)5-2)19-14-18(26(33)27-9-11-29)22-17-12-16(15-30)13-20(34-3)24(17)35-25(22)23(19)32/h12-14,19,22-23,25,29-30,32H,4-11,15H2,1-3H3,(H,27,33)/t19-,22+,23+,25+/m1/s1. The van der Waals surface area contributed by atoms with Crippen LogP contribution in [0.5, 0.6) is 11.5 Å². The van der Waals surface area contributed by atoms with Crippen LogP contribution in [-0.2, 0) is 16.2 Å². The van der Waals surface area contributed by atoms with Crippen LogP contribution in [0.4, 0.5) is 0 Å². The van der Waals surface area contributed by atoms with E-state index in [0.29, 0.717) is 34.7 Å². The van der Waals surface area contributed by atoms with Crippen LogP contribution in [0.1, 0.15) is 63.0 Å². The summed E-state index contributed by atoms with van der Waals surface area (Å²) in [7, 11) is 1.49. The molecule has 0 radical (unpaired) electrons. The largest absolute Gasteiger partial charge is 0.493 e. The van der Waals surface area contributed by atoms with E-state index in [2.05, 4.69) is 12.2 Å². The number of hydrogen-bond donors (Lipinski definition) is 4. The lowest BCUT2D eigenvalue weighted by molar-refractivity contribution is -0.137. The molecule has 0 bridgehead atoms. The number of amides is 2. The third-order valence-corrected chi connectivity index (χ3v) is 6.73. The Bertz CT molecular complexity index is 933. The molecule has 0 aromatic heterocycles. The smallest absolute Gasteiger partial charge is 0.247 e. The Kier molecular flexibility index (Phi) is 9.54. The molecule has 0 spiro atoms. The first-order valence-corrected chi connectivity index (χ1v) is 12.5. The first-order valence-electron chi connectivity index (χ1n) is 12.5. The van der Waals surface area contributed by atoms with E-state index in [1.54, 1.807) is 30.0 Å². The summed E-state index contributed by atoms with van der Waals surface area (Å²) < 4.78 is 11.7. The number of hydrogen-bond acceptors (Lipinski definition) is 7. The minimum Gasteiger partial charge on any atom is -0.493 e. The first-order chi connectivity index (χ1) is 16.9. The summed E-state index contributed by atoms with van der Waals surface area (Å²) in [5.74, 6) is -0.303. The maximum Gasteiger partial charge on any atom is 0.247 e. The van der Waals surface area contributed by atoms with E-state index in [4.69, 9.17) is 9.47 Å². The van der Waals surface area contributed by atoms with Crippen molar-refractivity contribution >= 4 is 11.8 Å². The molecule has 1 aromatic rings. The molecule has 35 heavy (non-hydrogen) atoms. The van der Waals surface area contributed by atoms with E-state index in [0.717, 1.165) is 25.7 Å². The maximum atomic E-state index is 13.2. The second kappa shape index (κ2) is 12.4. The highest BCUT2D eigenvalue weighted by Gasteiger charge is 2.51. The molecule has 194 valence electrons. The molecule has 3 rings (SSSR count). The van der Waals surface area contributed by atoms with Crippen molar-refractivity contribution in [2.75, 3.05) is 26.8 Å². The Balaban J connectivity index is 2.05. The molecule has 0 saturated carbocycles. The number of nitrogens with one attached hydrogen (secondary N) is 1. The van der Waals surface area contributed by atoms with Gasteiger partial charge in [0.05, 0.1) is 32.3 Å². The van der Waals surface area contributed by atoms with Gasteiger partial charge in [0.1, 0.15) is 12.2 Å². The van der Waals surface area contributed by atoms with Crippen molar-refractivity contribution < 1.29 is 34.4 Å². The first kappa shape index (κ1) is 27.0. The maximum absolute atomic E-state index is 13.2. The van der Waals surface area contributed by atoms with Gasteiger partial charge in [-0.25, -0.2) is 0 Å². The second-order valence-electron chi connectivity index (χ2n) is 9.02. The van der Waals surface area contributed by atoms with Crippen LogP contribution in [0, 0.1) is 0 Å². The van der Waals surface area contributed by atoms with Gasteiger partial charge in [0.2, 0.25) is 11.8 Å². The van der Waals surface area contributed by atoms with Gasteiger partial charge < -0.3 is 35.0 Å². The molecular formula is C26H38N2O7. The molecule has 1 heterocycles. The summed E-state index contributed by atoms with van der Waals surface area (Å²) in [6.07, 6.45) is 3.94. The predicted molar refractivity (Wildman–Crippen MR) is 130 cm³/mol. The highest BCUT2D eigenvalue weighted by molar-refractivity contribution is 5.96. The number of benzene rings is 1. The monoisotopic (exact) mass is 490 g/mol. The van der Waals surface area contributed by atoms with Gasteiger partial charge in [-0.2, -0.15) is 0 Å². The number of aliphatic hydroxyl groups excluding tert-OH is 3. The number of nitrogens with zero attached hydrogens (tertiary/aromatic N) is 1. The van der Waals surface area contributed by atoms with Crippen LogP contribution in [0.15, 0.2) is 23.8 Å². The van der Waals surface area contributed by atoms with Gasteiger partial charge in [0.15, 0.2) is 11.5 Å². The fraction of sp³-hybridized carbons (Fsp3) is 0.615. The number of methoxy groups -OCH3 is 1. The van der Waals surface area contributed by atoms with Crippen LogP contribution >= 0.6 is 0 Å². The average molecular weight is 491 g/mol. The Morgan fingerprint density at radius 2 is 1.94 bits per heavy atom. The van der Waals surface area contributed by atoms with Gasteiger partial charge >= 0.3 is 0 Å². The van der Waals surface area contributed by atoms with Crippen LogP contribution in [-0.4, -0.2) is 77.1 Å². The van der Waals surface area contributed by atoms with Crippen LogP contribution < -0.4 is 14.8 Å². The minimum absolute atomic E-state index is 0.0725. The van der Waals surface area contributed by atoms with E-state index in [9.17, 15) is 24.9 Å². The Labute approximate surface area is 206 Å². The van der Waals surface area contributed by atoms with E-state index in [1.165, 1.54) is 7.11 Å². The Morgan fingerprint density at radius 3 is 2.57 bits per heavy atom. The average Bonchev–Trinajstić information content (AvgIpc) is 3.27. The zero-order valence-electron chi connectivity index (χ0n) is 20.8. The van der Waals surface area contributed by atoms with Crippen molar-refractivity contribution in [2.45, 2.75) is 76.7 Å². The van der Waals surface area contributed by atoms with E-state index in [1.807, 2.05) is 0 Å². The van der Waals surface area contributed by atoms with Crippen molar-refractivity contribution in [3.63, 3.8) is 0 Å². The number of unbranched alkanes of at least 4 members (excludes halogenated alkanes) is 3. The van der Waals surface area contributed by atoms with E-state index in [-0.39, 0.29) is 32.1 Å². The summed E-state index contributed by atoms with van der Waals surface area (Å²) in [5.41, 5.74) is 1.59. The van der Waals surface area contributed by atoms with Crippen molar-refractivity contribution in [2.24, 2.45) is 0 Å². The lowest BCUT2D eigenvalue weighted by Crippen LogP contribution is -2.56. The normalized spacial score (nSPS) is 22.5. The lowest BCUT2D eigenvalue weighted by Gasteiger charge is -2.40. The second-order valence-corrected chi connectivity index (χ2v) is 9.02. The van der Waals surface area contributed by atoms with Gasteiger partial charge in [-0.15, -0.1) is 0 Å². The van der Waals surface area contributed by atoms with Gasteiger partial charge in [-0.1, -0.05) is 33.1 Å². The van der Waals surface area contributed by atoms with Gasteiger partial charge in [0.25, 0.3) is 0 Å². The Hall–Kier alpha value is -2.62. The third kappa shape index (κ3) is 5.63. The number of carbonyl (C=O) groups is 2. The van der Waals surface area contributed by atoms with Crippen LogP contribution in [0.25, 0.3) is 0 Å². The summed E-state index contributed by atoms with van der Waals surface area (Å²) in [6, 6.07) is 2.68. The highest BCUT2D eigenvalue weighted by atomic mass is 16.5. The zero-order valence-corrected chi connectivity index (χ0v) is 20.8. The highest BCUT2D eigenvalue weighted by Crippen LogP contribution is 2.51. The number of ether oxygens (including phenoxy) is 2. The van der Waals surface area contributed by atoms with E-state index >= 15 is 0 Å². The van der Waals surface area contributed by atoms with Crippen molar-refractivity contribution in [3.05, 3.63) is 34.9 Å². The van der Waals surface area contributed by atoms with Gasteiger partial charge in [-0.05, 0) is 30.2 Å². The van der Waals surface area contributed by atoms with Crippen LogP contribution in [0.2, 0.25) is 0 Å². The van der Waals surface area contributed by atoms with E-state index < -0.39 is 30.1 Å². The molecule has 9 nitrogen and oxygen atoms in total. The van der Waals surface area contributed by atoms with Crippen molar-refractivity contribution in [3.8, 4) is 11.5 Å². The quantitative estimate of drug-likeness (QED) is 0.328. The summed E-state index contributed by atoms with van der Waals surface area (Å²) in [6.45, 7) is 4.00. The molecule has 1 aromatic carbocycles.